The Labute approximate surface area is 113 Å². The first kappa shape index (κ1) is 16.2. The Morgan fingerprint density at radius 2 is 2.21 bits per heavy atom. The number of methoxy groups -OCH3 is 1. The van der Waals surface area contributed by atoms with Gasteiger partial charge in [0.1, 0.15) is 12.9 Å². The Hall–Kier alpha value is -0.850. The lowest BCUT2D eigenvalue weighted by molar-refractivity contribution is -0.248. The molecule has 1 heterocycles. The lowest BCUT2D eigenvalue weighted by atomic mass is 10.1. The summed E-state index contributed by atoms with van der Waals surface area (Å²) < 4.78 is 21.7. The van der Waals surface area contributed by atoms with Crippen LogP contribution in [0.25, 0.3) is 10.4 Å². The van der Waals surface area contributed by atoms with Crippen molar-refractivity contribution in [3.63, 3.8) is 0 Å². The Bertz CT molecular complexity index is 284. The van der Waals surface area contributed by atoms with Crippen molar-refractivity contribution in [2.75, 3.05) is 27.1 Å². The van der Waals surface area contributed by atoms with Gasteiger partial charge in [0.05, 0.1) is 12.6 Å². The van der Waals surface area contributed by atoms with Crippen LogP contribution in [0.2, 0.25) is 0 Å². The van der Waals surface area contributed by atoms with Crippen molar-refractivity contribution in [2.24, 2.45) is 5.11 Å². The summed E-state index contributed by atoms with van der Waals surface area (Å²) in [7, 11) is 1.55. The Morgan fingerprint density at radius 1 is 1.37 bits per heavy atom. The van der Waals surface area contributed by atoms with Crippen LogP contribution in [-0.2, 0) is 18.9 Å². The van der Waals surface area contributed by atoms with E-state index in [0.717, 1.165) is 19.3 Å². The van der Waals surface area contributed by atoms with E-state index in [1.807, 2.05) is 0 Å². The second-order valence-corrected chi connectivity index (χ2v) is 4.42. The summed E-state index contributed by atoms with van der Waals surface area (Å²) in [6, 6.07) is -0.273. The van der Waals surface area contributed by atoms with Crippen LogP contribution in [0.15, 0.2) is 5.11 Å². The third kappa shape index (κ3) is 5.76. The fourth-order valence-corrected chi connectivity index (χ4v) is 1.97. The van der Waals surface area contributed by atoms with Gasteiger partial charge >= 0.3 is 0 Å². The summed E-state index contributed by atoms with van der Waals surface area (Å²) in [5, 5.41) is 3.75. The first-order chi connectivity index (χ1) is 9.33. The molecular formula is C12H23N3O4. The van der Waals surface area contributed by atoms with E-state index in [4.69, 9.17) is 24.5 Å². The number of azide groups is 1. The molecule has 3 atom stereocenters. The summed E-state index contributed by atoms with van der Waals surface area (Å²) in [6.45, 7) is 3.39. The lowest BCUT2D eigenvalue weighted by Gasteiger charge is -2.35. The minimum absolute atomic E-state index is 0.125. The van der Waals surface area contributed by atoms with Crippen molar-refractivity contribution in [1.29, 1.82) is 0 Å². The average Bonchev–Trinajstić information content (AvgIpc) is 2.43. The van der Waals surface area contributed by atoms with Crippen LogP contribution < -0.4 is 0 Å². The molecule has 19 heavy (non-hydrogen) atoms. The van der Waals surface area contributed by atoms with Gasteiger partial charge in [0.15, 0.2) is 6.29 Å². The lowest BCUT2D eigenvalue weighted by Crippen LogP contribution is -2.47. The SMILES string of the molecule is CCCCCO[C@@H]1OCC[C@H](N=[N+]=[N-])[C@H]1OCOC. The number of hydrogen-bond acceptors (Lipinski definition) is 5. The van der Waals surface area contributed by atoms with Crippen LogP contribution in [0.3, 0.4) is 0 Å². The molecule has 0 aromatic heterocycles. The molecule has 1 rings (SSSR count). The molecule has 7 heteroatoms. The minimum atomic E-state index is -0.490. The highest BCUT2D eigenvalue weighted by molar-refractivity contribution is 4.84. The summed E-state index contributed by atoms with van der Waals surface area (Å²) in [6.07, 6.45) is 2.98. The molecule has 0 aliphatic carbocycles. The summed E-state index contributed by atoms with van der Waals surface area (Å²) >= 11 is 0. The van der Waals surface area contributed by atoms with Crippen LogP contribution in [0, 0.1) is 0 Å². The second kappa shape index (κ2) is 10.00. The normalized spacial score (nSPS) is 26.9. The molecule has 1 aliphatic rings. The molecule has 1 aliphatic heterocycles. The van der Waals surface area contributed by atoms with Gasteiger partial charge in [0.2, 0.25) is 0 Å². The fourth-order valence-electron chi connectivity index (χ4n) is 1.97. The smallest absolute Gasteiger partial charge is 0.184 e. The Morgan fingerprint density at radius 3 is 2.89 bits per heavy atom. The van der Waals surface area contributed by atoms with Gasteiger partial charge in [-0.25, -0.2) is 0 Å². The topological polar surface area (TPSA) is 85.7 Å². The second-order valence-electron chi connectivity index (χ2n) is 4.42. The van der Waals surface area contributed by atoms with Crippen LogP contribution in [0.5, 0.6) is 0 Å². The zero-order valence-corrected chi connectivity index (χ0v) is 11.7. The molecule has 0 radical (unpaired) electrons. The molecule has 0 bridgehead atoms. The van der Waals surface area contributed by atoms with Gasteiger partial charge in [-0.15, -0.1) is 0 Å². The van der Waals surface area contributed by atoms with E-state index in [2.05, 4.69) is 16.9 Å². The zero-order valence-electron chi connectivity index (χ0n) is 11.7. The van der Waals surface area contributed by atoms with Gasteiger partial charge in [-0.3, -0.25) is 0 Å². The van der Waals surface area contributed by atoms with E-state index >= 15 is 0 Å². The highest BCUT2D eigenvalue weighted by Crippen LogP contribution is 2.22. The maximum atomic E-state index is 8.58. The van der Waals surface area contributed by atoms with Crippen LogP contribution in [0.4, 0.5) is 0 Å². The van der Waals surface area contributed by atoms with Crippen molar-refractivity contribution >= 4 is 0 Å². The molecule has 0 unspecified atom stereocenters. The molecular weight excluding hydrogens is 250 g/mol. The maximum absolute atomic E-state index is 8.58. The third-order valence-electron chi connectivity index (χ3n) is 2.95. The van der Waals surface area contributed by atoms with Crippen molar-refractivity contribution in [1.82, 2.24) is 0 Å². The predicted molar refractivity (Wildman–Crippen MR) is 69.5 cm³/mol. The fraction of sp³-hybridized carbons (Fsp3) is 1.00. The molecule has 0 saturated carbocycles. The average molecular weight is 273 g/mol. The third-order valence-corrected chi connectivity index (χ3v) is 2.95. The number of nitrogens with zero attached hydrogens (tertiary/aromatic N) is 3. The number of ether oxygens (including phenoxy) is 4. The van der Waals surface area contributed by atoms with Gasteiger partial charge in [0.25, 0.3) is 0 Å². The molecule has 1 saturated heterocycles. The standard InChI is InChI=1S/C12H23N3O4/c1-3-4-5-7-17-12-11(19-9-16-2)10(14-15-13)6-8-18-12/h10-12H,3-9H2,1-2H3/t10-,11+,12+/m0/s1. The van der Waals surface area contributed by atoms with Gasteiger partial charge in [0, 0.05) is 18.6 Å². The largest absolute Gasteiger partial charge is 0.359 e. The van der Waals surface area contributed by atoms with Gasteiger partial charge in [-0.1, -0.05) is 24.9 Å². The minimum Gasteiger partial charge on any atom is -0.359 e. The predicted octanol–water partition coefficient (Wildman–Crippen LogP) is 2.61. The Kier molecular flexibility index (Phi) is 8.53. The van der Waals surface area contributed by atoms with E-state index < -0.39 is 12.4 Å². The Balaban J connectivity index is 2.50. The molecule has 0 aromatic rings. The van der Waals surface area contributed by atoms with Crippen LogP contribution in [0.1, 0.15) is 32.6 Å². The van der Waals surface area contributed by atoms with E-state index in [9.17, 15) is 0 Å². The van der Waals surface area contributed by atoms with E-state index in [1.54, 1.807) is 7.11 Å². The first-order valence-corrected chi connectivity index (χ1v) is 6.71. The van der Waals surface area contributed by atoms with Crippen molar-refractivity contribution in [3.8, 4) is 0 Å². The van der Waals surface area contributed by atoms with E-state index in [-0.39, 0.29) is 12.8 Å². The highest BCUT2D eigenvalue weighted by Gasteiger charge is 2.35. The molecule has 0 spiro atoms. The summed E-state index contributed by atoms with van der Waals surface area (Å²) in [5.41, 5.74) is 8.58. The van der Waals surface area contributed by atoms with Crippen molar-refractivity contribution in [3.05, 3.63) is 10.4 Å². The molecule has 0 N–H and O–H groups in total. The molecule has 0 amide bonds. The number of unbranched alkanes of at least 4 members (excludes halogenated alkanes) is 2. The monoisotopic (exact) mass is 273 g/mol. The quantitative estimate of drug-likeness (QED) is 0.212. The molecule has 0 aromatic carbocycles. The number of rotatable bonds is 9. The highest BCUT2D eigenvalue weighted by atomic mass is 16.7. The number of hydrogen-bond donors (Lipinski definition) is 0. The van der Waals surface area contributed by atoms with Crippen molar-refractivity contribution < 1.29 is 18.9 Å². The van der Waals surface area contributed by atoms with Crippen LogP contribution in [-0.4, -0.2) is 45.6 Å². The maximum Gasteiger partial charge on any atom is 0.184 e. The van der Waals surface area contributed by atoms with Gasteiger partial charge in [-0.05, 0) is 18.4 Å². The van der Waals surface area contributed by atoms with E-state index in [1.165, 1.54) is 0 Å². The molecule has 7 nitrogen and oxygen atoms in total. The molecule has 110 valence electrons. The van der Waals surface area contributed by atoms with Crippen molar-refractivity contribution in [2.45, 2.75) is 51.0 Å². The summed E-state index contributed by atoms with van der Waals surface area (Å²) in [4.78, 5) is 2.85. The van der Waals surface area contributed by atoms with Gasteiger partial charge < -0.3 is 18.9 Å². The zero-order chi connectivity index (χ0) is 13.9. The van der Waals surface area contributed by atoms with E-state index in [0.29, 0.717) is 19.6 Å². The van der Waals surface area contributed by atoms with Crippen LogP contribution >= 0.6 is 0 Å². The van der Waals surface area contributed by atoms with Gasteiger partial charge in [-0.2, -0.15) is 0 Å². The first-order valence-electron chi connectivity index (χ1n) is 6.71. The summed E-state index contributed by atoms with van der Waals surface area (Å²) in [5.74, 6) is 0. The molecule has 1 fully saturated rings.